The minimum Gasteiger partial charge on any atom is -0.361 e. The van der Waals surface area contributed by atoms with Gasteiger partial charge in [0.15, 0.2) is 0 Å². The summed E-state index contributed by atoms with van der Waals surface area (Å²) in [6.07, 6.45) is 3.01. The molecule has 20 heavy (non-hydrogen) atoms. The summed E-state index contributed by atoms with van der Waals surface area (Å²) in [6.45, 7) is 0.485. The monoisotopic (exact) mass is 303 g/mol. The lowest BCUT2D eigenvalue weighted by molar-refractivity contribution is -0.109. The minimum atomic E-state index is -4.68. The number of halogens is 2. The third kappa shape index (κ3) is 2.67. The van der Waals surface area contributed by atoms with Gasteiger partial charge < -0.3 is 9.69 Å². The first-order chi connectivity index (χ1) is 9.48. The van der Waals surface area contributed by atoms with Crippen molar-refractivity contribution in [1.82, 2.24) is 0 Å². The lowest BCUT2D eigenvalue weighted by Gasteiger charge is -2.35. The van der Waals surface area contributed by atoms with Crippen molar-refractivity contribution >= 4 is 21.8 Å². The summed E-state index contributed by atoms with van der Waals surface area (Å²) < 4.78 is 48.9. The zero-order valence-electron chi connectivity index (χ0n) is 10.7. The summed E-state index contributed by atoms with van der Waals surface area (Å²) in [4.78, 5) is 12.3. The van der Waals surface area contributed by atoms with E-state index in [1.807, 2.05) is 0 Å². The molecule has 0 saturated carbocycles. The van der Waals surface area contributed by atoms with Crippen LogP contribution in [0.2, 0.25) is 0 Å². The summed E-state index contributed by atoms with van der Waals surface area (Å²) in [5.41, 5.74) is 0.185. The van der Waals surface area contributed by atoms with Crippen LogP contribution in [0.3, 0.4) is 0 Å². The van der Waals surface area contributed by atoms with Gasteiger partial charge in [-0.3, -0.25) is 0 Å². The maximum atomic E-state index is 12.7. The Morgan fingerprint density at radius 2 is 1.95 bits per heavy atom. The van der Waals surface area contributed by atoms with Gasteiger partial charge in [-0.25, -0.2) is 8.42 Å². The first kappa shape index (κ1) is 14.9. The number of rotatable bonds is 4. The number of carbonyl (C=O) groups is 1. The molecule has 1 unspecified atom stereocenters. The van der Waals surface area contributed by atoms with Crippen LogP contribution in [0.25, 0.3) is 0 Å². The summed E-state index contributed by atoms with van der Waals surface area (Å²) in [5, 5.41) is 0. The van der Waals surface area contributed by atoms with Crippen molar-refractivity contribution < 1.29 is 22.0 Å². The largest absolute Gasteiger partial charge is 0.361 e. The summed E-state index contributed by atoms with van der Waals surface area (Å²) in [7, 11) is -4.68. The van der Waals surface area contributed by atoms with Crippen LogP contribution in [0, 0.1) is 0 Å². The number of benzene rings is 1. The van der Waals surface area contributed by atoms with E-state index in [0.717, 1.165) is 25.2 Å². The van der Waals surface area contributed by atoms with E-state index in [-0.39, 0.29) is 5.69 Å². The number of anilines is 1. The molecule has 0 spiro atoms. The molecule has 1 aromatic carbocycles. The SMILES string of the molecule is O=CC1CCCCN1c1ccccc1S(=O)(=O)C(F)F. The van der Waals surface area contributed by atoms with Crippen LogP contribution < -0.4 is 4.90 Å². The van der Waals surface area contributed by atoms with Gasteiger partial charge in [0.2, 0.25) is 9.84 Å². The molecule has 1 saturated heterocycles. The first-order valence-electron chi connectivity index (χ1n) is 6.31. The maximum Gasteiger partial charge on any atom is 0.341 e. The normalized spacial score (nSPS) is 20.1. The zero-order chi connectivity index (χ0) is 14.8. The van der Waals surface area contributed by atoms with E-state index in [4.69, 9.17) is 0 Å². The fourth-order valence-corrected chi connectivity index (χ4v) is 3.37. The molecule has 0 radical (unpaired) electrons. The molecule has 1 heterocycles. The average molecular weight is 303 g/mol. The highest BCUT2D eigenvalue weighted by molar-refractivity contribution is 7.91. The van der Waals surface area contributed by atoms with Crippen LogP contribution in [-0.2, 0) is 14.6 Å². The van der Waals surface area contributed by atoms with Crippen LogP contribution in [0.15, 0.2) is 29.2 Å². The summed E-state index contributed by atoms with van der Waals surface area (Å²) in [6, 6.07) is 5.15. The highest BCUT2D eigenvalue weighted by atomic mass is 32.2. The Morgan fingerprint density at radius 1 is 1.25 bits per heavy atom. The van der Waals surface area contributed by atoms with Gasteiger partial charge in [-0.2, -0.15) is 8.78 Å². The lowest BCUT2D eigenvalue weighted by atomic mass is 10.0. The molecule has 0 aromatic heterocycles. The van der Waals surface area contributed by atoms with Crippen molar-refractivity contribution in [2.45, 2.75) is 36.0 Å². The molecule has 1 aliphatic rings. The number of alkyl halides is 2. The Morgan fingerprint density at radius 3 is 2.60 bits per heavy atom. The second-order valence-electron chi connectivity index (χ2n) is 4.67. The van der Waals surface area contributed by atoms with E-state index in [1.54, 1.807) is 11.0 Å². The number of hydrogen-bond donors (Lipinski definition) is 0. The lowest BCUT2D eigenvalue weighted by Crippen LogP contribution is -2.41. The first-order valence-corrected chi connectivity index (χ1v) is 7.86. The molecule has 0 amide bonds. The molecule has 1 fully saturated rings. The predicted molar refractivity (Wildman–Crippen MR) is 70.7 cm³/mol. The standard InChI is InChI=1S/C13H15F2NO3S/c14-13(15)20(18,19)12-7-2-1-6-11(12)16-8-4-3-5-10(16)9-17/h1-2,6-7,9-10,13H,3-5,8H2. The van der Waals surface area contributed by atoms with Crippen molar-refractivity contribution in [2.24, 2.45) is 0 Å². The van der Waals surface area contributed by atoms with Gasteiger partial charge in [-0.1, -0.05) is 12.1 Å². The molecule has 1 atom stereocenters. The number of para-hydroxylation sites is 1. The van der Waals surface area contributed by atoms with E-state index < -0.39 is 26.5 Å². The molecular formula is C13H15F2NO3S. The predicted octanol–water partition coefficient (Wildman–Crippen LogP) is 2.24. The highest BCUT2D eigenvalue weighted by Crippen LogP contribution is 2.32. The summed E-state index contributed by atoms with van der Waals surface area (Å²) in [5.74, 6) is -3.47. The molecule has 0 N–H and O–H groups in total. The Labute approximate surface area is 116 Å². The van der Waals surface area contributed by atoms with Gasteiger partial charge >= 0.3 is 5.76 Å². The van der Waals surface area contributed by atoms with Crippen molar-refractivity contribution in [3.63, 3.8) is 0 Å². The minimum absolute atomic E-state index is 0.185. The number of sulfone groups is 1. The second kappa shape index (κ2) is 5.87. The third-order valence-electron chi connectivity index (χ3n) is 3.42. The van der Waals surface area contributed by atoms with Gasteiger partial charge in [-0.05, 0) is 31.4 Å². The molecule has 110 valence electrons. The van der Waals surface area contributed by atoms with Gasteiger partial charge in [-0.15, -0.1) is 0 Å². The van der Waals surface area contributed by atoms with E-state index in [9.17, 15) is 22.0 Å². The molecular weight excluding hydrogens is 288 g/mol. The topological polar surface area (TPSA) is 54.5 Å². The number of carbonyl (C=O) groups excluding carboxylic acids is 1. The van der Waals surface area contributed by atoms with E-state index in [1.165, 1.54) is 12.1 Å². The summed E-state index contributed by atoms with van der Waals surface area (Å²) >= 11 is 0. The van der Waals surface area contributed by atoms with Crippen molar-refractivity contribution in [2.75, 3.05) is 11.4 Å². The van der Waals surface area contributed by atoms with Gasteiger partial charge in [0.1, 0.15) is 6.29 Å². The molecule has 0 bridgehead atoms. The Hall–Kier alpha value is -1.50. The van der Waals surface area contributed by atoms with E-state index in [2.05, 4.69) is 0 Å². The average Bonchev–Trinajstić information content (AvgIpc) is 2.47. The third-order valence-corrected chi connectivity index (χ3v) is 4.85. The molecule has 0 aliphatic carbocycles. The van der Waals surface area contributed by atoms with Crippen LogP contribution in [0.1, 0.15) is 19.3 Å². The van der Waals surface area contributed by atoms with Gasteiger partial charge in [0, 0.05) is 6.54 Å². The fourth-order valence-electron chi connectivity index (χ4n) is 2.43. The number of nitrogens with zero attached hydrogens (tertiary/aromatic N) is 1. The zero-order valence-corrected chi connectivity index (χ0v) is 11.5. The molecule has 4 nitrogen and oxygen atoms in total. The second-order valence-corrected chi connectivity index (χ2v) is 6.55. The Balaban J connectivity index is 2.50. The number of aldehydes is 1. The fraction of sp³-hybridized carbons (Fsp3) is 0.462. The van der Waals surface area contributed by atoms with Crippen molar-refractivity contribution in [3.05, 3.63) is 24.3 Å². The van der Waals surface area contributed by atoms with Crippen LogP contribution in [0.5, 0.6) is 0 Å². The number of piperidine rings is 1. The van der Waals surface area contributed by atoms with E-state index >= 15 is 0 Å². The number of hydrogen-bond acceptors (Lipinski definition) is 4. The van der Waals surface area contributed by atoms with E-state index in [0.29, 0.717) is 13.0 Å². The van der Waals surface area contributed by atoms with Crippen molar-refractivity contribution in [1.29, 1.82) is 0 Å². The maximum absolute atomic E-state index is 12.7. The smallest absolute Gasteiger partial charge is 0.341 e. The molecule has 7 heteroatoms. The van der Waals surface area contributed by atoms with Gasteiger partial charge in [0.05, 0.1) is 16.6 Å². The Bertz CT molecular complexity index is 589. The van der Waals surface area contributed by atoms with Crippen molar-refractivity contribution in [3.8, 4) is 0 Å². The molecule has 2 rings (SSSR count). The van der Waals surface area contributed by atoms with Crippen LogP contribution >= 0.6 is 0 Å². The van der Waals surface area contributed by atoms with Crippen LogP contribution in [0.4, 0.5) is 14.5 Å². The molecule has 1 aliphatic heterocycles. The van der Waals surface area contributed by atoms with Gasteiger partial charge in [0.25, 0.3) is 0 Å². The highest BCUT2D eigenvalue weighted by Gasteiger charge is 2.32. The molecule has 1 aromatic rings. The Kier molecular flexibility index (Phi) is 4.37. The van der Waals surface area contributed by atoms with Crippen LogP contribution in [-0.4, -0.2) is 33.0 Å². The quantitative estimate of drug-likeness (QED) is 0.801.